The molecule has 44 heavy (non-hydrogen) atoms. The van der Waals surface area contributed by atoms with Crippen molar-refractivity contribution in [2.45, 2.75) is 50.2 Å². The topological polar surface area (TPSA) is 101 Å². The summed E-state index contributed by atoms with van der Waals surface area (Å²) in [5.41, 5.74) is 4.44. The fourth-order valence-corrected chi connectivity index (χ4v) is 6.33. The number of aryl methyl sites for hydroxylation is 1. The first-order chi connectivity index (χ1) is 21.1. The van der Waals surface area contributed by atoms with Crippen molar-refractivity contribution in [1.29, 1.82) is 0 Å². The molecule has 2 N–H and O–H groups in total. The molecular weight excluding hydrogens is 573 g/mol. The van der Waals surface area contributed by atoms with E-state index in [4.69, 9.17) is 0 Å². The number of likely N-dealkylation sites (tertiary alicyclic amines) is 1. The Balaban J connectivity index is 1.15. The molecule has 2 fully saturated rings. The Morgan fingerprint density at radius 1 is 1.02 bits per heavy atom. The first kappa shape index (κ1) is 29.6. The minimum Gasteiger partial charge on any atom is -0.406 e. The zero-order valence-corrected chi connectivity index (χ0v) is 24.1. The highest BCUT2D eigenvalue weighted by Crippen LogP contribution is 2.32. The van der Waals surface area contributed by atoms with Gasteiger partial charge in [0, 0.05) is 26.7 Å². The highest BCUT2D eigenvalue weighted by molar-refractivity contribution is 5.90. The number of carbonyl (C=O) groups excluding carboxylic acids is 2. The van der Waals surface area contributed by atoms with Crippen LogP contribution in [0.15, 0.2) is 72.8 Å². The Morgan fingerprint density at radius 3 is 2.52 bits per heavy atom. The molecule has 0 spiro atoms. The van der Waals surface area contributed by atoms with Gasteiger partial charge in [-0.2, -0.15) is 0 Å². The molecule has 6 rings (SSSR count). The minimum atomic E-state index is -4.76. The van der Waals surface area contributed by atoms with Crippen LogP contribution in [0.4, 0.5) is 13.2 Å². The Bertz CT molecular complexity index is 1630. The summed E-state index contributed by atoms with van der Waals surface area (Å²) in [6, 6.07) is 20.4. The molecule has 12 heteroatoms. The Kier molecular flexibility index (Phi) is 8.26. The molecule has 4 aromatic rings. The van der Waals surface area contributed by atoms with Gasteiger partial charge in [-0.1, -0.05) is 53.7 Å². The van der Waals surface area contributed by atoms with Crippen molar-refractivity contribution in [2.75, 3.05) is 13.1 Å². The summed E-state index contributed by atoms with van der Waals surface area (Å²) in [6.45, 7) is 1.32. The molecular formula is C32H33F3N6O3. The predicted molar refractivity (Wildman–Crippen MR) is 156 cm³/mol. The number of nitrogens with one attached hydrogen (secondary N) is 2. The lowest BCUT2D eigenvalue weighted by molar-refractivity contribution is -0.274. The fraction of sp³-hybridized carbons (Fsp3) is 0.375. The lowest BCUT2D eigenvalue weighted by Crippen LogP contribution is -2.51. The van der Waals surface area contributed by atoms with Gasteiger partial charge in [-0.05, 0) is 72.1 Å². The van der Waals surface area contributed by atoms with Crippen molar-refractivity contribution in [3.8, 4) is 5.75 Å². The monoisotopic (exact) mass is 606 g/mol. The number of alkyl halides is 3. The van der Waals surface area contributed by atoms with Gasteiger partial charge in [0.25, 0.3) is 0 Å². The van der Waals surface area contributed by atoms with E-state index < -0.39 is 18.4 Å². The van der Waals surface area contributed by atoms with Gasteiger partial charge in [-0.15, -0.1) is 18.3 Å². The average Bonchev–Trinajstić information content (AvgIpc) is 3.75. The molecule has 2 aliphatic heterocycles. The second-order valence-corrected chi connectivity index (χ2v) is 11.6. The van der Waals surface area contributed by atoms with Gasteiger partial charge in [-0.25, -0.2) is 4.68 Å². The summed E-state index contributed by atoms with van der Waals surface area (Å²) in [4.78, 5) is 29.2. The molecule has 0 saturated carbocycles. The van der Waals surface area contributed by atoms with E-state index in [2.05, 4.69) is 37.8 Å². The third-order valence-electron chi connectivity index (χ3n) is 8.50. The van der Waals surface area contributed by atoms with Gasteiger partial charge < -0.3 is 20.3 Å². The lowest BCUT2D eigenvalue weighted by atomic mass is 9.96. The summed E-state index contributed by atoms with van der Waals surface area (Å²) < 4.78 is 43.4. The van der Waals surface area contributed by atoms with Crippen LogP contribution >= 0.6 is 0 Å². The summed E-state index contributed by atoms with van der Waals surface area (Å²) in [7, 11) is 1.81. The fourth-order valence-electron chi connectivity index (χ4n) is 6.33. The van der Waals surface area contributed by atoms with E-state index in [1.54, 1.807) is 21.7 Å². The van der Waals surface area contributed by atoms with Crippen molar-refractivity contribution in [3.63, 3.8) is 0 Å². The minimum absolute atomic E-state index is 0.0497. The van der Waals surface area contributed by atoms with Crippen LogP contribution in [0, 0.1) is 5.92 Å². The van der Waals surface area contributed by atoms with Crippen LogP contribution in [0.3, 0.4) is 0 Å². The zero-order chi connectivity index (χ0) is 30.8. The van der Waals surface area contributed by atoms with Gasteiger partial charge in [0.2, 0.25) is 11.8 Å². The van der Waals surface area contributed by atoms with Crippen LogP contribution < -0.4 is 15.4 Å². The quantitative estimate of drug-likeness (QED) is 0.314. The molecule has 4 unspecified atom stereocenters. The van der Waals surface area contributed by atoms with Crippen LogP contribution in [-0.2, 0) is 29.6 Å². The summed E-state index contributed by atoms with van der Waals surface area (Å²) in [6.07, 6.45) is -3.18. The number of benzene rings is 3. The molecule has 3 heterocycles. The summed E-state index contributed by atoms with van der Waals surface area (Å²) >= 11 is 0. The largest absolute Gasteiger partial charge is 0.573 e. The molecule has 9 nitrogen and oxygen atoms in total. The van der Waals surface area contributed by atoms with E-state index in [1.807, 2.05) is 43.4 Å². The number of hydrogen-bond acceptors (Lipinski definition) is 6. The highest BCUT2D eigenvalue weighted by atomic mass is 19.4. The maximum atomic E-state index is 13.9. The number of nitrogens with zero attached hydrogens (tertiary/aromatic N) is 4. The van der Waals surface area contributed by atoms with E-state index >= 15 is 0 Å². The SMILES string of the molecule is Cn1nnc2cc(CNC(=O)C3CC(Cc4ccc(OC(F)(F)F)cc4)CN3C(=O)C3CC(c4ccccc4)CN3)ccc21. The second-order valence-electron chi connectivity index (χ2n) is 11.6. The van der Waals surface area contributed by atoms with Crippen LogP contribution in [-0.4, -0.2) is 63.2 Å². The smallest absolute Gasteiger partial charge is 0.406 e. The van der Waals surface area contributed by atoms with Gasteiger partial charge in [0.1, 0.15) is 17.3 Å². The number of hydrogen-bond donors (Lipinski definition) is 2. The van der Waals surface area contributed by atoms with Gasteiger partial charge in [-0.3, -0.25) is 9.59 Å². The standard InChI is InChI=1S/C32H33F3N6O3/c1-40-28-12-9-21(14-26(28)38-39-40)17-37-30(42)29-15-22(13-20-7-10-25(11-8-20)44-32(33,34)35)19-41(29)31(43)27-16-24(18-36-27)23-5-3-2-4-6-23/h2-12,14,22,24,27,29,36H,13,15-19H2,1H3,(H,37,42). The predicted octanol–water partition coefficient (Wildman–Crippen LogP) is 4.09. The number of rotatable bonds is 8. The van der Waals surface area contributed by atoms with Crippen LogP contribution in [0.25, 0.3) is 11.0 Å². The number of carbonyl (C=O) groups is 2. The van der Waals surface area contributed by atoms with E-state index in [1.165, 1.54) is 17.7 Å². The van der Waals surface area contributed by atoms with Crippen molar-refractivity contribution in [1.82, 2.24) is 30.5 Å². The Labute approximate surface area is 252 Å². The molecule has 2 saturated heterocycles. The first-order valence-corrected chi connectivity index (χ1v) is 14.6. The van der Waals surface area contributed by atoms with Crippen molar-refractivity contribution >= 4 is 22.8 Å². The number of amides is 2. The molecule has 0 bridgehead atoms. The maximum absolute atomic E-state index is 13.9. The molecule has 2 aliphatic rings. The van der Waals surface area contributed by atoms with Gasteiger partial charge in [0.05, 0.1) is 11.6 Å². The first-order valence-electron chi connectivity index (χ1n) is 14.6. The van der Waals surface area contributed by atoms with Crippen molar-refractivity contribution in [3.05, 3.63) is 89.5 Å². The zero-order valence-electron chi connectivity index (χ0n) is 24.1. The average molecular weight is 607 g/mol. The third-order valence-corrected chi connectivity index (χ3v) is 8.50. The Morgan fingerprint density at radius 2 is 1.77 bits per heavy atom. The summed E-state index contributed by atoms with van der Waals surface area (Å²) in [5, 5.41) is 14.5. The number of fused-ring (bicyclic) bond motifs is 1. The van der Waals surface area contributed by atoms with Crippen LogP contribution in [0.2, 0.25) is 0 Å². The Hall–Kier alpha value is -4.45. The maximum Gasteiger partial charge on any atom is 0.573 e. The van der Waals surface area contributed by atoms with E-state index in [0.29, 0.717) is 32.4 Å². The number of aromatic nitrogens is 3. The van der Waals surface area contributed by atoms with E-state index in [9.17, 15) is 22.8 Å². The lowest BCUT2D eigenvalue weighted by Gasteiger charge is -2.27. The number of ether oxygens (including phenoxy) is 1. The highest BCUT2D eigenvalue weighted by Gasteiger charge is 2.43. The van der Waals surface area contributed by atoms with E-state index in [0.717, 1.165) is 22.2 Å². The second kappa shape index (κ2) is 12.3. The molecule has 2 amide bonds. The van der Waals surface area contributed by atoms with Gasteiger partial charge in [0.15, 0.2) is 0 Å². The van der Waals surface area contributed by atoms with Crippen LogP contribution in [0.5, 0.6) is 5.75 Å². The van der Waals surface area contributed by atoms with Crippen molar-refractivity contribution in [2.24, 2.45) is 13.0 Å². The number of halogens is 3. The molecule has 4 atom stereocenters. The molecule has 230 valence electrons. The third kappa shape index (κ3) is 6.70. The molecule has 0 radical (unpaired) electrons. The molecule has 0 aliphatic carbocycles. The molecule has 3 aromatic carbocycles. The van der Waals surface area contributed by atoms with Crippen molar-refractivity contribution < 1.29 is 27.5 Å². The normalized spacial score (nSPS) is 22.0. The summed E-state index contributed by atoms with van der Waals surface area (Å²) in [5.74, 6) is -0.495. The van der Waals surface area contributed by atoms with Gasteiger partial charge >= 0.3 is 6.36 Å². The van der Waals surface area contributed by atoms with Crippen LogP contribution in [0.1, 0.15) is 35.4 Å². The molecule has 1 aromatic heterocycles. The van der Waals surface area contributed by atoms with E-state index in [-0.39, 0.29) is 35.9 Å².